The first-order valence-electron chi connectivity index (χ1n) is 7.70. The monoisotopic (exact) mass is 240 g/mol. The van der Waals surface area contributed by atoms with Crippen molar-refractivity contribution in [2.75, 3.05) is 0 Å². The lowest BCUT2D eigenvalue weighted by atomic mass is 9.82. The van der Waals surface area contributed by atoms with Gasteiger partial charge in [0, 0.05) is 0 Å². The first-order valence-corrected chi connectivity index (χ1v) is 7.70. The fraction of sp³-hybridized carbons (Fsp3) is 1.00. The molecule has 0 rings (SSSR count). The van der Waals surface area contributed by atoms with Gasteiger partial charge in [-0.15, -0.1) is 0 Å². The molecule has 104 valence electrons. The van der Waals surface area contributed by atoms with Crippen LogP contribution < -0.4 is 0 Å². The minimum absolute atomic E-state index is 0.500. The van der Waals surface area contributed by atoms with Gasteiger partial charge in [-0.25, -0.2) is 0 Å². The Kier molecular flexibility index (Phi) is 8.16. The fourth-order valence-corrected chi connectivity index (χ4v) is 2.74. The molecular weight excluding hydrogens is 204 g/mol. The highest BCUT2D eigenvalue weighted by Crippen LogP contribution is 2.28. The maximum absolute atomic E-state index is 2.43. The smallest absolute Gasteiger partial charge is 0.0380 e. The van der Waals surface area contributed by atoms with Crippen LogP contribution in [0.1, 0.15) is 87.0 Å². The van der Waals surface area contributed by atoms with Gasteiger partial charge in [-0.3, -0.25) is 0 Å². The molecule has 0 saturated carbocycles. The third kappa shape index (κ3) is 12.2. The largest absolute Gasteiger partial charge is 0.0628 e. The fourth-order valence-electron chi connectivity index (χ4n) is 2.74. The summed E-state index contributed by atoms with van der Waals surface area (Å²) in [7, 11) is 0. The zero-order valence-electron chi connectivity index (χ0n) is 13.5. The van der Waals surface area contributed by atoms with Crippen LogP contribution in [-0.4, -0.2) is 0 Å². The second kappa shape index (κ2) is 8.16. The van der Waals surface area contributed by atoms with Gasteiger partial charge >= 0.3 is 0 Å². The molecule has 0 fully saturated rings. The SMILES string of the molecule is CC(C)CCCC(C)CCC(C)CC(C)(C)C. The molecule has 0 aromatic rings. The van der Waals surface area contributed by atoms with Gasteiger partial charge < -0.3 is 0 Å². The van der Waals surface area contributed by atoms with Crippen LogP contribution in [0.4, 0.5) is 0 Å². The zero-order valence-corrected chi connectivity index (χ0v) is 13.5. The molecule has 0 aliphatic heterocycles. The van der Waals surface area contributed by atoms with E-state index in [1.165, 1.54) is 38.5 Å². The maximum atomic E-state index is 2.43. The molecule has 0 saturated heterocycles. The lowest BCUT2D eigenvalue weighted by molar-refractivity contribution is 0.279. The van der Waals surface area contributed by atoms with Gasteiger partial charge in [-0.05, 0) is 29.6 Å². The Hall–Kier alpha value is 0. The summed E-state index contributed by atoms with van der Waals surface area (Å²) >= 11 is 0. The summed E-state index contributed by atoms with van der Waals surface area (Å²) in [5.41, 5.74) is 0.500. The molecule has 0 nitrogen and oxygen atoms in total. The van der Waals surface area contributed by atoms with E-state index in [4.69, 9.17) is 0 Å². The molecule has 2 unspecified atom stereocenters. The third-order valence-electron chi connectivity index (χ3n) is 3.59. The van der Waals surface area contributed by atoms with Crippen molar-refractivity contribution in [3.63, 3.8) is 0 Å². The van der Waals surface area contributed by atoms with Crippen LogP contribution in [0.25, 0.3) is 0 Å². The summed E-state index contributed by atoms with van der Waals surface area (Å²) in [4.78, 5) is 0. The Bertz CT molecular complexity index is 173. The van der Waals surface area contributed by atoms with E-state index in [1.807, 2.05) is 0 Å². The summed E-state index contributed by atoms with van der Waals surface area (Å²) in [6.45, 7) is 16.6. The van der Waals surface area contributed by atoms with Crippen molar-refractivity contribution < 1.29 is 0 Å². The predicted octanol–water partition coefficient (Wildman–Crippen LogP) is 6.30. The van der Waals surface area contributed by atoms with Crippen molar-refractivity contribution in [1.29, 1.82) is 0 Å². The van der Waals surface area contributed by atoms with Crippen LogP contribution in [0.5, 0.6) is 0 Å². The minimum Gasteiger partial charge on any atom is -0.0628 e. The van der Waals surface area contributed by atoms with E-state index in [0.29, 0.717) is 5.41 Å². The van der Waals surface area contributed by atoms with Crippen molar-refractivity contribution in [2.45, 2.75) is 87.0 Å². The number of hydrogen-bond donors (Lipinski definition) is 0. The zero-order chi connectivity index (χ0) is 13.5. The average Bonchev–Trinajstić information content (AvgIpc) is 2.11. The first-order chi connectivity index (χ1) is 7.70. The summed E-state index contributed by atoms with van der Waals surface area (Å²) in [5, 5.41) is 0. The van der Waals surface area contributed by atoms with Gasteiger partial charge in [-0.2, -0.15) is 0 Å². The van der Waals surface area contributed by atoms with Crippen LogP contribution in [0.2, 0.25) is 0 Å². The molecule has 0 aliphatic rings. The van der Waals surface area contributed by atoms with E-state index < -0.39 is 0 Å². The first kappa shape index (κ1) is 17.0. The summed E-state index contributed by atoms with van der Waals surface area (Å²) < 4.78 is 0. The number of rotatable bonds is 8. The molecule has 0 bridgehead atoms. The van der Waals surface area contributed by atoms with Gasteiger partial charge in [0.25, 0.3) is 0 Å². The summed E-state index contributed by atoms with van der Waals surface area (Å²) in [5.74, 6) is 2.70. The van der Waals surface area contributed by atoms with Crippen molar-refractivity contribution in [1.82, 2.24) is 0 Å². The minimum atomic E-state index is 0.500. The standard InChI is InChI=1S/C17H36/c1-14(2)9-8-10-15(3)11-12-16(4)13-17(5,6)7/h14-16H,8-13H2,1-7H3. The van der Waals surface area contributed by atoms with Gasteiger partial charge in [0.1, 0.15) is 0 Å². The lowest BCUT2D eigenvalue weighted by Crippen LogP contribution is -2.11. The molecule has 0 aromatic carbocycles. The maximum Gasteiger partial charge on any atom is -0.0380 e. The van der Waals surface area contributed by atoms with Crippen molar-refractivity contribution in [2.24, 2.45) is 23.2 Å². The van der Waals surface area contributed by atoms with E-state index in [-0.39, 0.29) is 0 Å². The van der Waals surface area contributed by atoms with E-state index in [1.54, 1.807) is 0 Å². The van der Waals surface area contributed by atoms with Crippen LogP contribution in [0, 0.1) is 23.2 Å². The Morgan fingerprint density at radius 1 is 0.706 bits per heavy atom. The van der Waals surface area contributed by atoms with Crippen LogP contribution in [0.3, 0.4) is 0 Å². The Labute approximate surface area is 111 Å². The second-order valence-corrected chi connectivity index (χ2v) is 7.88. The number of hydrogen-bond acceptors (Lipinski definition) is 0. The summed E-state index contributed by atoms with van der Waals surface area (Å²) in [6.07, 6.45) is 8.47. The normalized spacial score (nSPS) is 16.2. The summed E-state index contributed by atoms with van der Waals surface area (Å²) in [6, 6.07) is 0. The highest BCUT2D eigenvalue weighted by molar-refractivity contribution is 4.67. The Balaban J connectivity index is 3.59. The van der Waals surface area contributed by atoms with Crippen molar-refractivity contribution >= 4 is 0 Å². The molecular formula is C17H36. The van der Waals surface area contributed by atoms with E-state index in [9.17, 15) is 0 Å². The van der Waals surface area contributed by atoms with Gasteiger partial charge in [0.05, 0.1) is 0 Å². The van der Waals surface area contributed by atoms with Crippen LogP contribution in [-0.2, 0) is 0 Å². The molecule has 0 heterocycles. The average molecular weight is 240 g/mol. The van der Waals surface area contributed by atoms with Crippen LogP contribution in [0.15, 0.2) is 0 Å². The van der Waals surface area contributed by atoms with Gasteiger partial charge in [0.2, 0.25) is 0 Å². The highest BCUT2D eigenvalue weighted by atomic mass is 14.2. The highest BCUT2D eigenvalue weighted by Gasteiger charge is 2.15. The van der Waals surface area contributed by atoms with E-state index in [0.717, 1.165) is 17.8 Å². The lowest BCUT2D eigenvalue weighted by Gasteiger charge is -2.24. The van der Waals surface area contributed by atoms with Gasteiger partial charge in [0.15, 0.2) is 0 Å². The molecule has 0 aromatic heterocycles. The second-order valence-electron chi connectivity index (χ2n) is 7.88. The van der Waals surface area contributed by atoms with E-state index >= 15 is 0 Å². The molecule has 0 N–H and O–H groups in total. The molecule has 0 radical (unpaired) electrons. The Morgan fingerprint density at radius 3 is 1.71 bits per heavy atom. The molecule has 0 amide bonds. The topological polar surface area (TPSA) is 0 Å². The van der Waals surface area contributed by atoms with E-state index in [2.05, 4.69) is 48.5 Å². The van der Waals surface area contributed by atoms with Crippen LogP contribution >= 0.6 is 0 Å². The Morgan fingerprint density at radius 2 is 1.24 bits per heavy atom. The quantitative estimate of drug-likeness (QED) is 0.467. The van der Waals surface area contributed by atoms with Crippen molar-refractivity contribution in [3.8, 4) is 0 Å². The molecule has 0 spiro atoms. The van der Waals surface area contributed by atoms with Gasteiger partial charge in [-0.1, -0.05) is 80.6 Å². The molecule has 17 heavy (non-hydrogen) atoms. The molecule has 0 heteroatoms. The predicted molar refractivity (Wildman–Crippen MR) is 80.3 cm³/mol. The molecule has 0 aliphatic carbocycles. The van der Waals surface area contributed by atoms with Crippen molar-refractivity contribution in [3.05, 3.63) is 0 Å². The molecule has 2 atom stereocenters. The third-order valence-corrected chi connectivity index (χ3v) is 3.59.